The van der Waals surface area contributed by atoms with Crippen LogP contribution in [0.2, 0.25) is 0 Å². The van der Waals surface area contributed by atoms with Crippen molar-refractivity contribution in [1.82, 2.24) is 0 Å². The highest BCUT2D eigenvalue weighted by Gasteiger charge is 2.29. The lowest BCUT2D eigenvalue weighted by Gasteiger charge is -2.24. The van der Waals surface area contributed by atoms with Crippen LogP contribution in [0.1, 0.15) is 63.0 Å². The van der Waals surface area contributed by atoms with Crippen LogP contribution >= 0.6 is 8.25 Å². The Morgan fingerprint density at radius 1 is 1.04 bits per heavy atom. The van der Waals surface area contributed by atoms with Gasteiger partial charge in [-0.25, -0.2) is 0 Å². The summed E-state index contributed by atoms with van der Waals surface area (Å²) in [6, 6.07) is 8.49. The fourth-order valence-electron chi connectivity index (χ4n) is 2.76. The molecule has 25 heavy (non-hydrogen) atoms. The minimum Gasteiger partial charge on any atom is -0.394 e. The molecule has 2 atom stereocenters. The summed E-state index contributed by atoms with van der Waals surface area (Å²) < 4.78 is 15.3. The number of aliphatic hydroxyl groups excluding tert-OH is 1. The molecule has 0 spiro atoms. The Morgan fingerprint density at radius 3 is 2.16 bits per heavy atom. The fraction of sp³-hybridized carbons (Fsp3) is 0.684. The van der Waals surface area contributed by atoms with Gasteiger partial charge in [0.25, 0.3) is 0 Å². The highest BCUT2D eigenvalue weighted by Crippen LogP contribution is 2.20. The van der Waals surface area contributed by atoms with Gasteiger partial charge in [0, 0.05) is 4.57 Å². The Labute approximate surface area is 152 Å². The van der Waals surface area contributed by atoms with Crippen LogP contribution < -0.4 is 5.73 Å². The first-order valence-electron chi connectivity index (χ1n) is 9.25. The second kappa shape index (κ2) is 12.5. The third-order valence-electron chi connectivity index (χ3n) is 4.53. The number of hydrogen-bond acceptors (Lipinski definition) is 4. The summed E-state index contributed by atoms with van der Waals surface area (Å²) in [4.78, 5) is 8.71. The van der Waals surface area contributed by atoms with E-state index in [4.69, 9.17) is 10.6 Å². The van der Waals surface area contributed by atoms with Gasteiger partial charge < -0.3 is 10.8 Å². The van der Waals surface area contributed by atoms with Gasteiger partial charge in [0.15, 0.2) is 0 Å². The van der Waals surface area contributed by atoms with Crippen molar-refractivity contribution >= 4 is 8.25 Å². The molecule has 0 saturated heterocycles. The molecule has 1 rings (SSSR count). The molecule has 0 fully saturated rings. The summed E-state index contributed by atoms with van der Waals surface area (Å²) >= 11 is 0. The van der Waals surface area contributed by atoms with Crippen molar-refractivity contribution in [2.45, 2.75) is 70.3 Å². The van der Waals surface area contributed by atoms with E-state index >= 15 is 0 Å². The van der Waals surface area contributed by atoms with Crippen LogP contribution in [0.15, 0.2) is 24.3 Å². The van der Waals surface area contributed by atoms with E-state index in [0.29, 0.717) is 12.8 Å². The highest BCUT2D eigenvalue weighted by molar-refractivity contribution is 7.32. The van der Waals surface area contributed by atoms with Crippen molar-refractivity contribution in [2.24, 2.45) is 5.73 Å². The molecule has 1 aromatic carbocycles. The van der Waals surface area contributed by atoms with E-state index in [0.717, 1.165) is 12.0 Å². The number of rotatable bonds is 14. The molecule has 0 amide bonds. The molecule has 0 aromatic heterocycles. The van der Waals surface area contributed by atoms with Gasteiger partial charge in [-0.15, -0.1) is 9.42 Å². The van der Waals surface area contributed by atoms with Crippen molar-refractivity contribution in [3.63, 3.8) is 0 Å². The molecular formula is C19H33NO4P+. The first-order chi connectivity index (χ1) is 12.0. The Balaban J connectivity index is 2.34. The average molecular weight is 370 g/mol. The monoisotopic (exact) mass is 370 g/mol. The summed E-state index contributed by atoms with van der Waals surface area (Å²) in [5, 5.41) is 9.41. The topological polar surface area (TPSA) is 92.8 Å². The molecule has 0 radical (unpaired) electrons. The molecular weight excluding hydrogens is 337 g/mol. The first kappa shape index (κ1) is 22.2. The molecule has 2 unspecified atom stereocenters. The molecule has 0 heterocycles. The van der Waals surface area contributed by atoms with Gasteiger partial charge in [0.05, 0.1) is 12.1 Å². The molecule has 142 valence electrons. The van der Waals surface area contributed by atoms with Crippen LogP contribution in [-0.2, 0) is 21.9 Å². The maximum atomic E-state index is 10.6. The molecule has 4 N–H and O–H groups in total. The van der Waals surface area contributed by atoms with Gasteiger partial charge in [-0.05, 0) is 36.8 Å². The van der Waals surface area contributed by atoms with E-state index < -0.39 is 13.8 Å². The normalized spacial score (nSPS) is 14.3. The van der Waals surface area contributed by atoms with E-state index in [-0.39, 0.29) is 13.2 Å². The van der Waals surface area contributed by atoms with Crippen LogP contribution in [-0.4, -0.2) is 28.8 Å². The Hall–Kier alpha value is -0.840. The minimum absolute atomic E-state index is 0.134. The standard InChI is InChI=1S/C19H32NO4P/c1-2-3-4-5-6-7-8-17-9-11-18(12-10-17)13-14-19(20,15-21)16-24-25(22)23/h9-12,21H,2-8,13-16,20H2,1H3/p+1. The predicted octanol–water partition coefficient (Wildman–Crippen LogP) is 3.88. The fourth-order valence-corrected chi connectivity index (χ4v) is 3.12. The van der Waals surface area contributed by atoms with Crippen molar-refractivity contribution < 1.29 is 19.1 Å². The van der Waals surface area contributed by atoms with E-state index in [1.807, 2.05) is 0 Å². The molecule has 1 aromatic rings. The minimum atomic E-state index is -2.69. The van der Waals surface area contributed by atoms with Crippen LogP contribution in [0.4, 0.5) is 0 Å². The maximum absolute atomic E-state index is 10.6. The van der Waals surface area contributed by atoms with Crippen molar-refractivity contribution in [2.75, 3.05) is 13.2 Å². The Morgan fingerprint density at radius 2 is 1.60 bits per heavy atom. The third kappa shape index (κ3) is 10.0. The largest absolute Gasteiger partial charge is 0.694 e. The average Bonchev–Trinajstić information content (AvgIpc) is 2.62. The quantitative estimate of drug-likeness (QED) is 0.341. The zero-order chi connectivity index (χ0) is 18.5. The van der Waals surface area contributed by atoms with Crippen molar-refractivity contribution in [1.29, 1.82) is 0 Å². The molecule has 0 bridgehead atoms. The lowest BCUT2D eigenvalue weighted by atomic mass is 9.93. The lowest BCUT2D eigenvalue weighted by molar-refractivity contribution is 0.123. The van der Waals surface area contributed by atoms with Gasteiger partial charge in [0.2, 0.25) is 0 Å². The molecule has 0 aliphatic rings. The molecule has 5 nitrogen and oxygen atoms in total. The summed E-state index contributed by atoms with van der Waals surface area (Å²) in [5.74, 6) is 0. The van der Waals surface area contributed by atoms with Gasteiger partial charge in [-0.3, -0.25) is 0 Å². The number of nitrogens with two attached hydrogens (primary N) is 1. The van der Waals surface area contributed by atoms with Crippen molar-refractivity contribution in [3.8, 4) is 0 Å². The van der Waals surface area contributed by atoms with E-state index in [1.54, 1.807) is 0 Å². The number of unbranched alkanes of at least 4 members (excludes halogenated alkanes) is 5. The van der Waals surface area contributed by atoms with Crippen LogP contribution in [0.5, 0.6) is 0 Å². The molecule has 0 aliphatic carbocycles. The first-order valence-corrected chi connectivity index (χ1v) is 10.4. The second-order valence-electron chi connectivity index (χ2n) is 6.87. The van der Waals surface area contributed by atoms with Gasteiger partial charge in [-0.1, -0.05) is 63.3 Å². The molecule has 6 heteroatoms. The number of aliphatic hydroxyl groups is 1. The highest BCUT2D eigenvalue weighted by atomic mass is 31.1. The predicted molar refractivity (Wildman–Crippen MR) is 102 cm³/mol. The summed E-state index contributed by atoms with van der Waals surface area (Å²) in [5.41, 5.74) is 7.52. The summed E-state index contributed by atoms with van der Waals surface area (Å²) in [6.45, 7) is 1.81. The number of benzene rings is 1. The second-order valence-corrected chi connectivity index (χ2v) is 7.60. The van der Waals surface area contributed by atoms with Crippen LogP contribution in [0.25, 0.3) is 0 Å². The zero-order valence-corrected chi connectivity index (χ0v) is 16.2. The van der Waals surface area contributed by atoms with Gasteiger partial charge in [-0.2, -0.15) is 0 Å². The van der Waals surface area contributed by atoms with Gasteiger partial charge in [0.1, 0.15) is 6.61 Å². The van der Waals surface area contributed by atoms with E-state index in [9.17, 15) is 9.67 Å². The summed E-state index contributed by atoms with van der Waals surface area (Å²) in [6.07, 6.45) is 10.1. The number of hydrogen-bond donors (Lipinski definition) is 3. The lowest BCUT2D eigenvalue weighted by Crippen LogP contribution is -2.48. The van der Waals surface area contributed by atoms with Gasteiger partial charge >= 0.3 is 8.25 Å². The Kier molecular flexibility index (Phi) is 11.1. The Bertz CT molecular complexity index is 495. The van der Waals surface area contributed by atoms with E-state index in [2.05, 4.69) is 35.7 Å². The third-order valence-corrected chi connectivity index (χ3v) is 4.88. The van der Waals surface area contributed by atoms with Crippen molar-refractivity contribution in [3.05, 3.63) is 35.4 Å². The molecule has 0 aliphatic heterocycles. The summed E-state index contributed by atoms with van der Waals surface area (Å²) in [7, 11) is -2.69. The molecule has 0 saturated carbocycles. The van der Waals surface area contributed by atoms with Crippen LogP contribution in [0.3, 0.4) is 0 Å². The van der Waals surface area contributed by atoms with E-state index in [1.165, 1.54) is 44.1 Å². The smallest absolute Gasteiger partial charge is 0.394 e. The SMILES string of the molecule is CCCCCCCCc1ccc(CCC(N)(CO)CO[P+](=O)O)cc1. The maximum Gasteiger partial charge on any atom is 0.694 e. The number of aryl methyl sites for hydroxylation is 2. The zero-order valence-electron chi connectivity index (χ0n) is 15.3. The van der Waals surface area contributed by atoms with Crippen LogP contribution in [0, 0.1) is 0 Å².